The number of carbonyl (C=O) groups excluding carboxylic acids is 1. The molecule has 3 N–H and O–H groups in total. The van der Waals surface area contributed by atoms with E-state index in [0.29, 0.717) is 24.0 Å². The van der Waals surface area contributed by atoms with Crippen LogP contribution in [-0.4, -0.2) is 22.5 Å². The number of nitrogens with zero attached hydrogens (tertiary/aromatic N) is 1. The van der Waals surface area contributed by atoms with Gasteiger partial charge in [0.15, 0.2) is 0 Å². The Kier molecular flexibility index (Phi) is 3.71. The van der Waals surface area contributed by atoms with Crippen LogP contribution in [0.3, 0.4) is 0 Å². The molecule has 1 aromatic heterocycles. The molecular formula is C13H21N3O2. The van der Waals surface area contributed by atoms with E-state index in [4.69, 9.17) is 10.5 Å². The first kappa shape index (κ1) is 13.1. The maximum absolute atomic E-state index is 11.7. The average molecular weight is 251 g/mol. The van der Waals surface area contributed by atoms with Crippen LogP contribution in [0.2, 0.25) is 0 Å². The molecular weight excluding hydrogens is 230 g/mol. The Balaban J connectivity index is 1.91. The highest BCUT2D eigenvalue weighted by atomic mass is 16.5. The molecule has 1 saturated carbocycles. The van der Waals surface area contributed by atoms with Crippen molar-refractivity contribution in [3.8, 4) is 0 Å². The van der Waals surface area contributed by atoms with Crippen LogP contribution in [0.4, 0.5) is 0 Å². The number of H-pyrrole nitrogens is 1. The lowest BCUT2D eigenvalue weighted by Crippen LogP contribution is -2.44. The van der Waals surface area contributed by atoms with Crippen molar-refractivity contribution in [1.29, 1.82) is 0 Å². The number of imidazole rings is 1. The highest BCUT2D eigenvalue weighted by molar-refractivity contribution is 5.87. The molecule has 100 valence electrons. The van der Waals surface area contributed by atoms with Gasteiger partial charge in [-0.3, -0.25) is 0 Å². The summed E-state index contributed by atoms with van der Waals surface area (Å²) < 4.78 is 5.17. The number of nitrogens with one attached hydrogen (secondary N) is 1. The van der Waals surface area contributed by atoms with Crippen LogP contribution >= 0.6 is 0 Å². The van der Waals surface area contributed by atoms with E-state index in [0.717, 1.165) is 25.7 Å². The van der Waals surface area contributed by atoms with Crippen LogP contribution in [0.1, 0.15) is 55.8 Å². The third-order valence-electron chi connectivity index (χ3n) is 3.44. The van der Waals surface area contributed by atoms with Gasteiger partial charge < -0.3 is 15.5 Å². The van der Waals surface area contributed by atoms with E-state index < -0.39 is 0 Å². The first-order valence-electron chi connectivity index (χ1n) is 6.53. The minimum atomic E-state index is -0.365. The molecule has 1 aromatic rings. The number of aromatic nitrogens is 2. The summed E-state index contributed by atoms with van der Waals surface area (Å²) >= 11 is 0. The Morgan fingerprint density at radius 1 is 1.61 bits per heavy atom. The first-order chi connectivity index (χ1) is 8.51. The van der Waals surface area contributed by atoms with Gasteiger partial charge in [0.2, 0.25) is 0 Å². The molecule has 0 radical (unpaired) electrons. The molecule has 2 rings (SSSR count). The lowest BCUT2D eigenvalue weighted by Gasteiger charge is -2.35. The molecule has 0 bridgehead atoms. The van der Waals surface area contributed by atoms with E-state index in [-0.39, 0.29) is 11.5 Å². The van der Waals surface area contributed by atoms with Crippen LogP contribution in [0.25, 0.3) is 0 Å². The molecule has 0 saturated heterocycles. The van der Waals surface area contributed by atoms with Gasteiger partial charge in [0.05, 0.1) is 18.3 Å². The Bertz CT molecular complexity index is 422. The monoisotopic (exact) mass is 251 g/mol. The van der Waals surface area contributed by atoms with Crippen LogP contribution in [0.5, 0.6) is 0 Å². The zero-order valence-electron chi connectivity index (χ0n) is 11.0. The molecule has 0 aliphatic heterocycles. The number of esters is 1. The van der Waals surface area contributed by atoms with Gasteiger partial charge in [-0.15, -0.1) is 0 Å². The average Bonchev–Trinajstić information content (AvgIpc) is 2.74. The van der Waals surface area contributed by atoms with E-state index in [1.165, 1.54) is 6.20 Å². The smallest absolute Gasteiger partial charge is 0.356 e. The number of rotatable bonds is 5. The van der Waals surface area contributed by atoms with Gasteiger partial charge >= 0.3 is 5.97 Å². The standard InChI is InChI=1S/C13H21N3O2/c1-9(2)4-7-18-11(17)10-8-15-12(16-10)13(14)5-3-6-13/h8-9H,3-7,14H2,1-2H3,(H,15,16). The summed E-state index contributed by atoms with van der Waals surface area (Å²) in [6, 6.07) is 0. The Morgan fingerprint density at radius 2 is 2.33 bits per heavy atom. The van der Waals surface area contributed by atoms with E-state index >= 15 is 0 Å². The minimum Gasteiger partial charge on any atom is -0.461 e. The molecule has 1 aliphatic rings. The van der Waals surface area contributed by atoms with Crippen LogP contribution in [-0.2, 0) is 10.3 Å². The SMILES string of the molecule is CC(C)CCOC(=O)c1cnc(C2(N)CCC2)[nH]1. The summed E-state index contributed by atoms with van der Waals surface area (Å²) in [7, 11) is 0. The molecule has 0 atom stereocenters. The number of ether oxygens (including phenoxy) is 1. The molecule has 1 heterocycles. The third kappa shape index (κ3) is 2.72. The molecule has 0 spiro atoms. The summed E-state index contributed by atoms with van der Waals surface area (Å²) in [6.45, 7) is 4.63. The van der Waals surface area contributed by atoms with Crippen molar-refractivity contribution in [3.63, 3.8) is 0 Å². The number of nitrogens with two attached hydrogens (primary N) is 1. The van der Waals surface area contributed by atoms with Gasteiger partial charge in [-0.1, -0.05) is 13.8 Å². The van der Waals surface area contributed by atoms with Crippen LogP contribution < -0.4 is 5.73 Å². The first-order valence-corrected chi connectivity index (χ1v) is 6.53. The van der Waals surface area contributed by atoms with Gasteiger partial charge in [0.25, 0.3) is 0 Å². The maximum atomic E-state index is 11.7. The van der Waals surface area contributed by atoms with Crippen molar-refractivity contribution >= 4 is 5.97 Å². The molecule has 5 nitrogen and oxygen atoms in total. The van der Waals surface area contributed by atoms with Crippen LogP contribution in [0, 0.1) is 5.92 Å². The molecule has 1 fully saturated rings. The fourth-order valence-corrected chi connectivity index (χ4v) is 1.94. The number of hydrogen-bond donors (Lipinski definition) is 2. The van der Waals surface area contributed by atoms with Crippen molar-refractivity contribution in [1.82, 2.24) is 9.97 Å². The molecule has 0 aromatic carbocycles. The van der Waals surface area contributed by atoms with E-state index in [1.54, 1.807) is 0 Å². The summed E-state index contributed by atoms with van der Waals surface area (Å²) in [6.07, 6.45) is 5.34. The fourth-order valence-electron chi connectivity index (χ4n) is 1.94. The van der Waals surface area contributed by atoms with Crippen LogP contribution in [0.15, 0.2) is 6.20 Å². The highest BCUT2D eigenvalue weighted by Gasteiger charge is 2.37. The number of aromatic amines is 1. The molecule has 0 unspecified atom stereocenters. The minimum absolute atomic E-state index is 0.350. The van der Waals surface area contributed by atoms with E-state index in [1.807, 2.05) is 0 Å². The van der Waals surface area contributed by atoms with Gasteiger partial charge in [-0.05, 0) is 31.6 Å². The second kappa shape index (κ2) is 5.10. The summed E-state index contributed by atoms with van der Waals surface area (Å²) in [4.78, 5) is 18.9. The second-order valence-electron chi connectivity index (χ2n) is 5.47. The predicted molar refractivity (Wildman–Crippen MR) is 68.0 cm³/mol. The van der Waals surface area contributed by atoms with Crippen molar-refractivity contribution in [2.24, 2.45) is 11.7 Å². The van der Waals surface area contributed by atoms with E-state index in [2.05, 4.69) is 23.8 Å². The Morgan fingerprint density at radius 3 is 2.89 bits per heavy atom. The Labute approximate surface area is 107 Å². The lowest BCUT2D eigenvalue weighted by molar-refractivity contribution is 0.0481. The Hall–Kier alpha value is -1.36. The summed E-state index contributed by atoms with van der Waals surface area (Å²) in [5.74, 6) is 0.874. The quantitative estimate of drug-likeness (QED) is 0.784. The highest BCUT2D eigenvalue weighted by Crippen LogP contribution is 2.36. The molecule has 0 amide bonds. The number of hydrogen-bond acceptors (Lipinski definition) is 4. The summed E-state index contributed by atoms with van der Waals surface area (Å²) in [5, 5.41) is 0. The molecule has 1 aliphatic carbocycles. The van der Waals surface area contributed by atoms with Gasteiger partial charge in [-0.2, -0.15) is 0 Å². The van der Waals surface area contributed by atoms with Crippen molar-refractivity contribution in [3.05, 3.63) is 17.7 Å². The maximum Gasteiger partial charge on any atom is 0.356 e. The van der Waals surface area contributed by atoms with Crippen molar-refractivity contribution < 1.29 is 9.53 Å². The normalized spacial score (nSPS) is 17.6. The van der Waals surface area contributed by atoms with Gasteiger partial charge in [-0.25, -0.2) is 9.78 Å². The number of carbonyl (C=O) groups is 1. The zero-order chi connectivity index (χ0) is 13.2. The van der Waals surface area contributed by atoms with E-state index in [9.17, 15) is 4.79 Å². The van der Waals surface area contributed by atoms with Crippen molar-refractivity contribution in [2.45, 2.75) is 45.1 Å². The van der Waals surface area contributed by atoms with Crippen molar-refractivity contribution in [2.75, 3.05) is 6.61 Å². The van der Waals surface area contributed by atoms with Gasteiger partial charge in [0, 0.05) is 0 Å². The molecule has 5 heteroatoms. The fraction of sp³-hybridized carbons (Fsp3) is 0.692. The summed E-state index contributed by atoms with van der Waals surface area (Å²) in [5.41, 5.74) is 6.16. The third-order valence-corrected chi connectivity index (χ3v) is 3.44. The van der Waals surface area contributed by atoms with Gasteiger partial charge in [0.1, 0.15) is 11.5 Å². The second-order valence-corrected chi connectivity index (χ2v) is 5.47. The molecule has 18 heavy (non-hydrogen) atoms. The topological polar surface area (TPSA) is 81.0 Å². The zero-order valence-corrected chi connectivity index (χ0v) is 11.0. The predicted octanol–water partition coefficient (Wildman–Crippen LogP) is 1.95. The largest absolute Gasteiger partial charge is 0.461 e. The lowest BCUT2D eigenvalue weighted by atomic mass is 9.77.